The molecule has 17 heavy (non-hydrogen) atoms. The number of rotatable bonds is 6. The molecule has 8 nitrogen and oxygen atoms in total. The number of hydrogen-bond donors (Lipinski definition) is 3. The number of hydrogen-bond acceptors (Lipinski definition) is 6. The standard InChI is InChI=1S/C9H14N4O4/c1-5-12-7(13-17-5)4-11-9(16)6(10)2-3-8(14)15/h6H,2-4,10H2,1H3,(H,11,16)(H,14,15). The molecule has 0 fully saturated rings. The first-order chi connectivity index (χ1) is 7.99. The van der Waals surface area contributed by atoms with Crippen LogP contribution in [0.25, 0.3) is 0 Å². The summed E-state index contributed by atoms with van der Waals surface area (Å²) in [5.41, 5.74) is 5.50. The molecule has 1 heterocycles. The molecule has 1 aromatic heterocycles. The summed E-state index contributed by atoms with van der Waals surface area (Å²) in [4.78, 5) is 25.6. The SMILES string of the molecule is Cc1nc(CNC(=O)C(N)CCC(=O)O)no1. The summed E-state index contributed by atoms with van der Waals surface area (Å²) in [6.45, 7) is 1.74. The van der Waals surface area contributed by atoms with Gasteiger partial charge in [-0.25, -0.2) is 0 Å². The maximum atomic E-state index is 11.4. The lowest BCUT2D eigenvalue weighted by atomic mass is 10.1. The fourth-order valence-electron chi connectivity index (χ4n) is 1.12. The molecule has 8 heteroatoms. The van der Waals surface area contributed by atoms with Gasteiger partial charge >= 0.3 is 5.97 Å². The summed E-state index contributed by atoms with van der Waals surface area (Å²) >= 11 is 0. The van der Waals surface area contributed by atoms with E-state index in [0.29, 0.717) is 11.7 Å². The molecule has 0 aliphatic carbocycles. The van der Waals surface area contributed by atoms with E-state index in [0.717, 1.165) is 0 Å². The van der Waals surface area contributed by atoms with E-state index >= 15 is 0 Å². The molecule has 0 radical (unpaired) electrons. The molecule has 0 aromatic carbocycles. The number of aromatic nitrogens is 2. The minimum absolute atomic E-state index is 0.0897. The van der Waals surface area contributed by atoms with E-state index in [1.165, 1.54) is 0 Å². The summed E-state index contributed by atoms with van der Waals surface area (Å²) in [5, 5.41) is 14.5. The number of nitrogens with two attached hydrogens (primary N) is 1. The number of aliphatic carboxylic acids is 1. The van der Waals surface area contributed by atoms with Gasteiger partial charge in [0, 0.05) is 13.3 Å². The van der Waals surface area contributed by atoms with E-state index < -0.39 is 17.9 Å². The van der Waals surface area contributed by atoms with E-state index in [2.05, 4.69) is 15.5 Å². The number of amides is 1. The Morgan fingerprint density at radius 2 is 2.29 bits per heavy atom. The molecule has 1 amide bonds. The van der Waals surface area contributed by atoms with Crippen molar-refractivity contribution >= 4 is 11.9 Å². The van der Waals surface area contributed by atoms with Gasteiger partial charge in [-0.1, -0.05) is 5.16 Å². The smallest absolute Gasteiger partial charge is 0.303 e. The molecular formula is C9H14N4O4. The lowest BCUT2D eigenvalue weighted by Gasteiger charge is -2.09. The van der Waals surface area contributed by atoms with Crippen molar-refractivity contribution in [3.8, 4) is 0 Å². The van der Waals surface area contributed by atoms with Crippen LogP contribution in [-0.2, 0) is 16.1 Å². The molecule has 1 atom stereocenters. The Hall–Kier alpha value is -1.96. The average Bonchev–Trinajstić information content (AvgIpc) is 2.68. The zero-order valence-electron chi connectivity index (χ0n) is 9.34. The lowest BCUT2D eigenvalue weighted by Crippen LogP contribution is -2.40. The van der Waals surface area contributed by atoms with Gasteiger partial charge in [0.15, 0.2) is 5.82 Å². The zero-order valence-corrected chi connectivity index (χ0v) is 9.34. The van der Waals surface area contributed by atoms with E-state index in [4.69, 9.17) is 15.4 Å². The first kappa shape index (κ1) is 13.1. The second-order valence-electron chi connectivity index (χ2n) is 3.49. The number of carboxylic acid groups (broad SMARTS) is 1. The van der Waals surface area contributed by atoms with Crippen LogP contribution in [0.15, 0.2) is 4.52 Å². The van der Waals surface area contributed by atoms with E-state index in [1.807, 2.05) is 0 Å². The molecule has 1 aromatic rings. The van der Waals surface area contributed by atoms with E-state index in [9.17, 15) is 9.59 Å². The zero-order chi connectivity index (χ0) is 12.8. The lowest BCUT2D eigenvalue weighted by molar-refractivity contribution is -0.137. The highest BCUT2D eigenvalue weighted by atomic mass is 16.5. The van der Waals surface area contributed by atoms with Gasteiger partial charge in [0.1, 0.15) is 0 Å². The summed E-state index contributed by atoms with van der Waals surface area (Å²) in [6.07, 6.45) is -0.0532. The largest absolute Gasteiger partial charge is 0.481 e. The fourth-order valence-corrected chi connectivity index (χ4v) is 1.12. The molecule has 1 unspecified atom stereocenters. The minimum atomic E-state index is -0.984. The second kappa shape index (κ2) is 5.94. The normalized spacial score (nSPS) is 12.1. The van der Waals surface area contributed by atoms with Gasteiger partial charge in [0.25, 0.3) is 0 Å². The Balaban J connectivity index is 2.31. The molecule has 0 saturated heterocycles. The third-order valence-corrected chi connectivity index (χ3v) is 2.00. The number of aryl methyl sites for hydroxylation is 1. The number of carbonyl (C=O) groups is 2. The van der Waals surface area contributed by atoms with Crippen molar-refractivity contribution in [2.75, 3.05) is 0 Å². The van der Waals surface area contributed by atoms with Crippen molar-refractivity contribution in [2.45, 2.75) is 32.4 Å². The molecule has 94 valence electrons. The predicted molar refractivity (Wildman–Crippen MR) is 55.7 cm³/mol. The predicted octanol–water partition coefficient (Wildman–Crippen LogP) is -0.814. The average molecular weight is 242 g/mol. The summed E-state index contributed by atoms with van der Waals surface area (Å²) in [5.74, 6) is -0.665. The monoisotopic (exact) mass is 242 g/mol. The Bertz CT molecular complexity index is 403. The Labute approximate surface area is 97.2 Å². The van der Waals surface area contributed by atoms with Crippen molar-refractivity contribution < 1.29 is 19.2 Å². The van der Waals surface area contributed by atoms with Crippen LogP contribution >= 0.6 is 0 Å². The second-order valence-corrected chi connectivity index (χ2v) is 3.49. The molecule has 4 N–H and O–H groups in total. The summed E-state index contributed by atoms with van der Waals surface area (Å²) in [6, 6.07) is -0.848. The highest BCUT2D eigenvalue weighted by Gasteiger charge is 2.15. The number of nitrogens with one attached hydrogen (secondary N) is 1. The highest BCUT2D eigenvalue weighted by molar-refractivity contribution is 5.82. The van der Waals surface area contributed by atoms with Crippen molar-refractivity contribution in [3.63, 3.8) is 0 Å². The van der Waals surface area contributed by atoms with Gasteiger partial charge in [-0.05, 0) is 6.42 Å². The van der Waals surface area contributed by atoms with Crippen LogP contribution < -0.4 is 11.1 Å². The fraction of sp³-hybridized carbons (Fsp3) is 0.556. The van der Waals surface area contributed by atoms with Crippen LogP contribution in [0.5, 0.6) is 0 Å². The number of carbonyl (C=O) groups excluding carboxylic acids is 1. The molecular weight excluding hydrogens is 228 g/mol. The number of nitrogens with zero attached hydrogens (tertiary/aromatic N) is 2. The van der Waals surface area contributed by atoms with E-state index in [-0.39, 0.29) is 19.4 Å². The van der Waals surface area contributed by atoms with Gasteiger partial charge < -0.3 is 20.7 Å². The quantitative estimate of drug-likeness (QED) is 0.594. The molecule has 0 aliphatic heterocycles. The minimum Gasteiger partial charge on any atom is -0.481 e. The summed E-state index contributed by atoms with van der Waals surface area (Å²) in [7, 11) is 0. The van der Waals surface area contributed by atoms with Gasteiger partial charge in [0.2, 0.25) is 11.8 Å². The molecule has 0 bridgehead atoms. The van der Waals surface area contributed by atoms with Crippen molar-refractivity contribution in [3.05, 3.63) is 11.7 Å². The maximum Gasteiger partial charge on any atom is 0.303 e. The molecule has 1 rings (SSSR count). The first-order valence-electron chi connectivity index (χ1n) is 5.03. The Morgan fingerprint density at radius 1 is 1.59 bits per heavy atom. The first-order valence-corrected chi connectivity index (χ1v) is 5.03. The van der Waals surface area contributed by atoms with Crippen LogP contribution in [0.1, 0.15) is 24.6 Å². The van der Waals surface area contributed by atoms with Crippen molar-refractivity contribution in [1.29, 1.82) is 0 Å². The van der Waals surface area contributed by atoms with Crippen LogP contribution in [0.3, 0.4) is 0 Å². The van der Waals surface area contributed by atoms with Crippen LogP contribution in [0, 0.1) is 6.92 Å². The Morgan fingerprint density at radius 3 is 2.82 bits per heavy atom. The highest BCUT2D eigenvalue weighted by Crippen LogP contribution is 1.97. The van der Waals surface area contributed by atoms with E-state index in [1.54, 1.807) is 6.92 Å². The summed E-state index contributed by atoms with van der Waals surface area (Å²) < 4.78 is 4.71. The topological polar surface area (TPSA) is 131 Å². The molecule has 0 aliphatic rings. The van der Waals surface area contributed by atoms with Crippen molar-refractivity contribution in [1.82, 2.24) is 15.5 Å². The Kier molecular flexibility index (Phi) is 4.58. The molecule has 0 saturated carbocycles. The molecule has 0 spiro atoms. The number of carboxylic acids is 1. The van der Waals surface area contributed by atoms with Gasteiger partial charge in [0.05, 0.1) is 12.6 Å². The van der Waals surface area contributed by atoms with Crippen LogP contribution in [0.4, 0.5) is 0 Å². The van der Waals surface area contributed by atoms with Gasteiger partial charge in [-0.2, -0.15) is 4.98 Å². The van der Waals surface area contributed by atoms with Crippen molar-refractivity contribution in [2.24, 2.45) is 5.73 Å². The van der Waals surface area contributed by atoms with Crippen LogP contribution in [0.2, 0.25) is 0 Å². The third kappa shape index (κ3) is 4.60. The van der Waals surface area contributed by atoms with Gasteiger partial charge in [-0.3, -0.25) is 9.59 Å². The van der Waals surface area contributed by atoms with Gasteiger partial charge in [-0.15, -0.1) is 0 Å². The third-order valence-electron chi connectivity index (χ3n) is 2.00. The van der Waals surface area contributed by atoms with Crippen LogP contribution in [-0.4, -0.2) is 33.2 Å². The maximum absolute atomic E-state index is 11.4.